The van der Waals surface area contributed by atoms with Gasteiger partial charge in [-0.25, -0.2) is 0 Å². The van der Waals surface area contributed by atoms with Crippen LogP contribution in [0.3, 0.4) is 0 Å². The van der Waals surface area contributed by atoms with Gasteiger partial charge < -0.3 is 15.5 Å². The lowest BCUT2D eigenvalue weighted by molar-refractivity contribution is 0.150. The maximum Gasteiger partial charge on any atom is 0.0816 e. The molecule has 0 aliphatic rings. The zero-order valence-corrected chi connectivity index (χ0v) is 12.1. The largest absolute Gasteiger partial charge is 0.394 e. The molecule has 0 aliphatic heterocycles. The maximum atomic E-state index is 10.0. The first kappa shape index (κ1) is 15.7. The minimum Gasteiger partial charge on any atom is -0.394 e. The Kier molecular flexibility index (Phi) is 5.89. The van der Waals surface area contributed by atoms with Crippen molar-refractivity contribution < 1.29 is 10.2 Å². The number of halogens is 2. The van der Waals surface area contributed by atoms with Gasteiger partial charge in [-0.05, 0) is 44.5 Å². The molecule has 0 bridgehead atoms. The number of nitrogens with one attached hydrogen (secondary N) is 1. The molecule has 0 radical (unpaired) electrons. The van der Waals surface area contributed by atoms with E-state index >= 15 is 0 Å². The van der Waals surface area contributed by atoms with Gasteiger partial charge in [0.1, 0.15) is 0 Å². The second-order valence-corrected chi connectivity index (χ2v) is 5.78. The van der Waals surface area contributed by atoms with Crippen molar-refractivity contribution in [3.63, 3.8) is 0 Å². The van der Waals surface area contributed by atoms with E-state index in [0.29, 0.717) is 28.6 Å². The fourth-order valence-electron chi connectivity index (χ4n) is 1.53. The van der Waals surface area contributed by atoms with Gasteiger partial charge in [0, 0.05) is 15.6 Å². The molecule has 0 fully saturated rings. The molecule has 1 rings (SSSR count). The lowest BCUT2D eigenvalue weighted by atomic mass is 10.0. The smallest absolute Gasteiger partial charge is 0.0816 e. The lowest BCUT2D eigenvalue weighted by Gasteiger charge is -2.24. The number of benzene rings is 1. The Hall–Kier alpha value is -0.320. The van der Waals surface area contributed by atoms with Crippen LogP contribution in [0.2, 0.25) is 10.0 Å². The molecule has 5 heteroatoms. The molecule has 1 aromatic rings. The van der Waals surface area contributed by atoms with Crippen molar-refractivity contribution >= 4 is 23.2 Å². The predicted molar refractivity (Wildman–Crippen MR) is 75.2 cm³/mol. The highest BCUT2D eigenvalue weighted by molar-refractivity contribution is 6.35. The molecule has 0 saturated carbocycles. The van der Waals surface area contributed by atoms with Gasteiger partial charge in [0.2, 0.25) is 0 Å². The second-order valence-electron chi connectivity index (χ2n) is 4.94. The Morgan fingerprint density at radius 3 is 2.56 bits per heavy atom. The summed E-state index contributed by atoms with van der Waals surface area (Å²) in [6.45, 7) is 4.43. The third-order valence-electron chi connectivity index (χ3n) is 2.74. The molecule has 3 N–H and O–H groups in total. The van der Waals surface area contributed by atoms with Gasteiger partial charge in [-0.15, -0.1) is 0 Å². The molecule has 0 spiro atoms. The molecule has 0 aliphatic carbocycles. The Morgan fingerprint density at radius 2 is 2.00 bits per heavy atom. The third-order valence-corrected chi connectivity index (χ3v) is 3.30. The average Bonchev–Trinajstić information content (AvgIpc) is 2.28. The SMILES string of the molecule is CC(C)(CO)NCCC(O)c1ccc(Cl)cc1Cl. The van der Waals surface area contributed by atoms with Crippen LogP contribution in [-0.2, 0) is 0 Å². The second kappa shape index (κ2) is 6.73. The summed E-state index contributed by atoms with van der Waals surface area (Å²) in [5.41, 5.74) is 0.327. The highest BCUT2D eigenvalue weighted by Gasteiger charge is 2.17. The zero-order valence-electron chi connectivity index (χ0n) is 10.6. The van der Waals surface area contributed by atoms with Gasteiger partial charge in [-0.2, -0.15) is 0 Å². The Bertz CT molecular complexity index is 397. The highest BCUT2D eigenvalue weighted by Crippen LogP contribution is 2.27. The quantitative estimate of drug-likeness (QED) is 0.755. The van der Waals surface area contributed by atoms with E-state index in [1.54, 1.807) is 18.2 Å². The fourth-order valence-corrected chi connectivity index (χ4v) is 2.06. The van der Waals surface area contributed by atoms with Crippen LogP contribution in [0.15, 0.2) is 18.2 Å². The number of hydrogen-bond acceptors (Lipinski definition) is 3. The highest BCUT2D eigenvalue weighted by atomic mass is 35.5. The predicted octanol–water partition coefficient (Wildman–Crippen LogP) is 2.78. The third kappa shape index (κ3) is 4.75. The molecule has 0 saturated heterocycles. The molecule has 0 heterocycles. The normalized spacial score (nSPS) is 13.7. The number of rotatable bonds is 6. The number of hydrogen-bond donors (Lipinski definition) is 3. The van der Waals surface area contributed by atoms with E-state index in [-0.39, 0.29) is 12.1 Å². The fraction of sp³-hybridized carbons (Fsp3) is 0.538. The van der Waals surface area contributed by atoms with Crippen LogP contribution in [0.1, 0.15) is 31.9 Å². The van der Waals surface area contributed by atoms with Crippen LogP contribution in [0.25, 0.3) is 0 Å². The van der Waals surface area contributed by atoms with Crippen molar-refractivity contribution in [2.24, 2.45) is 0 Å². The van der Waals surface area contributed by atoms with E-state index in [1.807, 2.05) is 13.8 Å². The van der Waals surface area contributed by atoms with Crippen LogP contribution in [0.4, 0.5) is 0 Å². The van der Waals surface area contributed by atoms with Crippen LogP contribution in [0, 0.1) is 0 Å². The topological polar surface area (TPSA) is 52.5 Å². The van der Waals surface area contributed by atoms with Gasteiger partial charge >= 0.3 is 0 Å². The summed E-state index contributed by atoms with van der Waals surface area (Å²) in [6, 6.07) is 5.05. The van der Waals surface area contributed by atoms with Gasteiger partial charge in [-0.3, -0.25) is 0 Å². The van der Waals surface area contributed by atoms with Gasteiger partial charge in [0.25, 0.3) is 0 Å². The van der Waals surface area contributed by atoms with Crippen LogP contribution < -0.4 is 5.32 Å². The zero-order chi connectivity index (χ0) is 13.8. The monoisotopic (exact) mass is 291 g/mol. The summed E-state index contributed by atoms with van der Waals surface area (Å²) in [7, 11) is 0. The molecule has 0 amide bonds. The summed E-state index contributed by atoms with van der Waals surface area (Å²) < 4.78 is 0. The van der Waals surface area contributed by atoms with E-state index in [9.17, 15) is 5.11 Å². The Morgan fingerprint density at radius 1 is 1.33 bits per heavy atom. The molecule has 3 nitrogen and oxygen atoms in total. The van der Waals surface area contributed by atoms with Gasteiger partial charge in [-0.1, -0.05) is 29.3 Å². The summed E-state index contributed by atoms with van der Waals surface area (Å²) in [6.07, 6.45) is -0.123. The van der Waals surface area contributed by atoms with Crippen LogP contribution in [-0.4, -0.2) is 28.9 Å². The van der Waals surface area contributed by atoms with Gasteiger partial charge in [0.15, 0.2) is 0 Å². The molecular formula is C13H19Cl2NO2. The van der Waals surface area contributed by atoms with Crippen LogP contribution >= 0.6 is 23.2 Å². The lowest BCUT2D eigenvalue weighted by Crippen LogP contribution is -2.43. The van der Waals surface area contributed by atoms with Crippen molar-refractivity contribution in [3.05, 3.63) is 33.8 Å². The maximum absolute atomic E-state index is 10.0. The minimum absolute atomic E-state index is 0.0464. The summed E-state index contributed by atoms with van der Waals surface area (Å²) in [5, 5.41) is 23.3. The van der Waals surface area contributed by atoms with Crippen molar-refractivity contribution in [3.8, 4) is 0 Å². The van der Waals surface area contributed by atoms with E-state index in [1.165, 1.54) is 0 Å². The average molecular weight is 292 g/mol. The Balaban J connectivity index is 2.53. The standard InChI is InChI=1S/C13H19Cl2NO2/c1-13(2,8-17)16-6-5-12(18)10-4-3-9(14)7-11(10)15/h3-4,7,12,16-18H,5-6,8H2,1-2H3. The van der Waals surface area contributed by atoms with Crippen molar-refractivity contribution in [1.82, 2.24) is 5.32 Å². The molecule has 1 aromatic carbocycles. The van der Waals surface area contributed by atoms with E-state index in [2.05, 4.69) is 5.32 Å². The number of aliphatic hydroxyl groups is 2. The first-order valence-electron chi connectivity index (χ1n) is 5.84. The molecule has 1 atom stereocenters. The van der Waals surface area contributed by atoms with Crippen molar-refractivity contribution in [1.29, 1.82) is 0 Å². The molecule has 18 heavy (non-hydrogen) atoms. The first-order chi connectivity index (χ1) is 8.35. The summed E-state index contributed by atoms with van der Waals surface area (Å²) >= 11 is 11.8. The van der Waals surface area contributed by atoms with Crippen molar-refractivity contribution in [2.75, 3.05) is 13.2 Å². The van der Waals surface area contributed by atoms with Crippen LogP contribution in [0.5, 0.6) is 0 Å². The molecule has 102 valence electrons. The summed E-state index contributed by atoms with van der Waals surface area (Å²) in [5.74, 6) is 0. The van der Waals surface area contributed by atoms with Crippen molar-refractivity contribution in [2.45, 2.75) is 31.9 Å². The van der Waals surface area contributed by atoms with E-state index in [4.69, 9.17) is 28.3 Å². The van der Waals surface area contributed by atoms with E-state index in [0.717, 1.165) is 0 Å². The molecule has 0 aromatic heterocycles. The number of aliphatic hydroxyl groups excluding tert-OH is 2. The Labute approximate surface area is 118 Å². The molecular weight excluding hydrogens is 273 g/mol. The first-order valence-corrected chi connectivity index (χ1v) is 6.60. The molecule has 1 unspecified atom stereocenters. The minimum atomic E-state index is -0.642. The summed E-state index contributed by atoms with van der Waals surface area (Å²) in [4.78, 5) is 0. The van der Waals surface area contributed by atoms with E-state index < -0.39 is 6.10 Å². The van der Waals surface area contributed by atoms with Gasteiger partial charge in [0.05, 0.1) is 12.7 Å².